The van der Waals surface area contributed by atoms with Crippen molar-refractivity contribution in [2.75, 3.05) is 20.5 Å². The largest absolute Gasteiger partial charge is 0.492 e. The highest BCUT2D eigenvalue weighted by atomic mass is 19.1. The second-order valence-corrected chi connectivity index (χ2v) is 3.18. The molecule has 1 aromatic carbocycles. The van der Waals surface area contributed by atoms with Gasteiger partial charge in [-0.2, -0.15) is 0 Å². The summed E-state index contributed by atoms with van der Waals surface area (Å²) in [6, 6.07) is 2.07. The molecular weight excluding hydrogens is 230 g/mol. The Hall–Kier alpha value is -1.31. The number of ether oxygens (including phenoxy) is 3. The van der Waals surface area contributed by atoms with Crippen LogP contribution in [0, 0.1) is 5.82 Å². The number of hydrogen-bond acceptors (Lipinski definition) is 5. The van der Waals surface area contributed by atoms with Gasteiger partial charge in [-0.05, 0) is 13.0 Å². The maximum Gasteiger partial charge on any atom is 0.492 e. The van der Waals surface area contributed by atoms with Crippen LogP contribution in [0.3, 0.4) is 0 Å². The molecule has 0 atom stereocenters. The molecule has 0 saturated carbocycles. The van der Waals surface area contributed by atoms with Crippen LogP contribution in [0.25, 0.3) is 0 Å². The van der Waals surface area contributed by atoms with Crippen molar-refractivity contribution >= 4 is 12.6 Å². The van der Waals surface area contributed by atoms with E-state index in [9.17, 15) is 4.39 Å². The second-order valence-electron chi connectivity index (χ2n) is 3.18. The van der Waals surface area contributed by atoms with E-state index in [-0.39, 0.29) is 30.4 Å². The summed E-state index contributed by atoms with van der Waals surface area (Å²) in [4.78, 5) is 0. The van der Waals surface area contributed by atoms with E-state index >= 15 is 0 Å². The minimum absolute atomic E-state index is 0.0665. The molecule has 5 nitrogen and oxygen atoms in total. The van der Waals surface area contributed by atoms with Crippen molar-refractivity contribution in [3.8, 4) is 11.5 Å². The Balaban J connectivity index is 3.14. The van der Waals surface area contributed by atoms with Crippen LogP contribution in [-0.2, 0) is 4.74 Å². The third-order valence-electron chi connectivity index (χ3n) is 1.95. The van der Waals surface area contributed by atoms with Gasteiger partial charge in [0.1, 0.15) is 5.82 Å². The van der Waals surface area contributed by atoms with Gasteiger partial charge in [-0.15, -0.1) is 0 Å². The van der Waals surface area contributed by atoms with Crippen LogP contribution >= 0.6 is 0 Å². The summed E-state index contributed by atoms with van der Waals surface area (Å²) in [7, 11) is -0.418. The first-order chi connectivity index (χ1) is 8.10. The first kappa shape index (κ1) is 13.8. The zero-order valence-electron chi connectivity index (χ0n) is 9.64. The maximum absolute atomic E-state index is 13.2. The number of rotatable bonds is 6. The van der Waals surface area contributed by atoms with E-state index in [1.54, 1.807) is 6.92 Å². The molecule has 0 amide bonds. The Morgan fingerprint density at radius 2 is 2.00 bits per heavy atom. The van der Waals surface area contributed by atoms with Gasteiger partial charge in [-0.25, -0.2) is 4.39 Å². The average Bonchev–Trinajstić information content (AvgIpc) is 2.28. The maximum atomic E-state index is 13.2. The number of methoxy groups -OCH3 is 1. The highest BCUT2D eigenvalue weighted by Crippen LogP contribution is 2.26. The first-order valence-electron chi connectivity index (χ1n) is 5.04. The zero-order valence-corrected chi connectivity index (χ0v) is 9.64. The minimum Gasteiger partial charge on any atom is -0.490 e. The fourth-order valence-electron chi connectivity index (χ4n) is 1.31. The van der Waals surface area contributed by atoms with Crippen molar-refractivity contribution < 1.29 is 28.6 Å². The molecule has 0 unspecified atom stereocenters. The monoisotopic (exact) mass is 244 g/mol. The fraction of sp³-hybridized carbons (Fsp3) is 0.400. The third-order valence-corrected chi connectivity index (χ3v) is 1.95. The molecule has 0 spiro atoms. The summed E-state index contributed by atoms with van der Waals surface area (Å²) in [6.07, 6.45) is 0. The Bertz CT molecular complexity index is 372. The molecule has 0 aliphatic heterocycles. The molecule has 2 N–H and O–H groups in total. The Morgan fingerprint density at radius 1 is 1.29 bits per heavy atom. The molecule has 0 fully saturated rings. The summed E-state index contributed by atoms with van der Waals surface area (Å²) in [5.41, 5.74) is -0.0852. The molecule has 0 saturated heterocycles. The van der Waals surface area contributed by atoms with Crippen molar-refractivity contribution in [2.24, 2.45) is 0 Å². The van der Waals surface area contributed by atoms with Crippen LogP contribution in [-0.4, -0.2) is 37.7 Å². The molecule has 0 aliphatic carbocycles. The lowest BCUT2D eigenvalue weighted by Gasteiger charge is -2.15. The average molecular weight is 244 g/mol. The number of benzene rings is 1. The van der Waals surface area contributed by atoms with Crippen LogP contribution < -0.4 is 14.9 Å². The Labute approximate surface area is 98.9 Å². The molecule has 1 rings (SSSR count). The number of hydrogen-bond donors (Lipinski definition) is 2. The highest BCUT2D eigenvalue weighted by Gasteiger charge is 2.22. The van der Waals surface area contributed by atoms with Crippen LogP contribution in [0.4, 0.5) is 4.39 Å². The Kier molecular flexibility index (Phi) is 5.21. The van der Waals surface area contributed by atoms with Gasteiger partial charge in [0.2, 0.25) is 0 Å². The van der Waals surface area contributed by atoms with E-state index in [4.69, 9.17) is 24.3 Å². The lowest BCUT2D eigenvalue weighted by molar-refractivity contribution is 0.0486. The summed E-state index contributed by atoms with van der Waals surface area (Å²) < 4.78 is 28.2. The predicted octanol–water partition coefficient (Wildman–Crippen LogP) is -0.113. The lowest BCUT2D eigenvalue weighted by atomic mass is 9.79. The molecule has 17 heavy (non-hydrogen) atoms. The molecule has 0 heterocycles. The van der Waals surface area contributed by atoms with E-state index in [2.05, 4.69) is 0 Å². The van der Waals surface area contributed by atoms with Crippen molar-refractivity contribution in [3.63, 3.8) is 0 Å². The predicted molar refractivity (Wildman–Crippen MR) is 59.9 cm³/mol. The van der Waals surface area contributed by atoms with E-state index < -0.39 is 12.9 Å². The van der Waals surface area contributed by atoms with Crippen molar-refractivity contribution in [3.05, 3.63) is 17.9 Å². The minimum atomic E-state index is -1.84. The molecule has 94 valence electrons. The Morgan fingerprint density at radius 3 is 2.53 bits per heavy atom. The van der Waals surface area contributed by atoms with E-state index in [1.165, 1.54) is 7.11 Å². The van der Waals surface area contributed by atoms with Gasteiger partial charge in [-0.3, -0.25) is 0 Å². The normalized spacial score (nSPS) is 10.2. The summed E-state index contributed by atoms with van der Waals surface area (Å²) in [5, 5.41) is 18.3. The van der Waals surface area contributed by atoms with Gasteiger partial charge < -0.3 is 24.3 Å². The van der Waals surface area contributed by atoms with E-state index in [1.807, 2.05) is 0 Å². The first-order valence-corrected chi connectivity index (χ1v) is 5.04. The smallest absolute Gasteiger partial charge is 0.490 e. The fourth-order valence-corrected chi connectivity index (χ4v) is 1.31. The van der Waals surface area contributed by atoms with Crippen LogP contribution in [0.15, 0.2) is 12.1 Å². The quantitative estimate of drug-likeness (QED) is 0.539. The van der Waals surface area contributed by atoms with Gasteiger partial charge >= 0.3 is 7.12 Å². The second kappa shape index (κ2) is 6.44. The van der Waals surface area contributed by atoms with E-state index in [0.29, 0.717) is 0 Å². The third kappa shape index (κ3) is 3.59. The van der Waals surface area contributed by atoms with Crippen LogP contribution in [0.2, 0.25) is 0 Å². The summed E-state index contributed by atoms with van der Waals surface area (Å²) in [5.74, 6) is -0.486. The number of halogens is 1. The molecule has 0 aliphatic rings. The molecule has 7 heteroatoms. The van der Waals surface area contributed by atoms with E-state index in [0.717, 1.165) is 12.1 Å². The molecular formula is C10H14BFO5. The van der Waals surface area contributed by atoms with Gasteiger partial charge in [0.05, 0.1) is 6.61 Å². The molecule has 0 aromatic heterocycles. The summed E-state index contributed by atoms with van der Waals surface area (Å²) in [6.45, 7) is 1.91. The lowest BCUT2D eigenvalue weighted by Crippen LogP contribution is -2.32. The van der Waals surface area contributed by atoms with Crippen molar-refractivity contribution in [1.29, 1.82) is 0 Å². The zero-order chi connectivity index (χ0) is 12.8. The van der Waals surface area contributed by atoms with Crippen LogP contribution in [0.1, 0.15) is 6.92 Å². The highest BCUT2D eigenvalue weighted by molar-refractivity contribution is 6.59. The SMILES string of the molecule is CCOc1c(OCOC)cc(F)cc1B(O)O. The van der Waals surface area contributed by atoms with Gasteiger partial charge in [0.15, 0.2) is 18.3 Å². The molecule has 1 aromatic rings. The van der Waals surface area contributed by atoms with Crippen molar-refractivity contribution in [1.82, 2.24) is 0 Å². The van der Waals surface area contributed by atoms with Gasteiger partial charge in [0, 0.05) is 18.6 Å². The topological polar surface area (TPSA) is 68.2 Å². The van der Waals surface area contributed by atoms with Crippen LogP contribution in [0.5, 0.6) is 11.5 Å². The van der Waals surface area contributed by atoms with Crippen molar-refractivity contribution in [2.45, 2.75) is 6.92 Å². The van der Waals surface area contributed by atoms with Gasteiger partial charge in [-0.1, -0.05) is 0 Å². The molecule has 0 radical (unpaired) electrons. The summed E-state index contributed by atoms with van der Waals surface area (Å²) >= 11 is 0. The standard InChI is InChI=1S/C10H14BFO5/c1-3-16-10-8(11(13)14)4-7(12)5-9(10)17-6-15-2/h4-5,13-14H,3,6H2,1-2H3. The van der Waals surface area contributed by atoms with Gasteiger partial charge in [0.25, 0.3) is 0 Å². The molecule has 0 bridgehead atoms.